The molecule has 0 radical (unpaired) electrons. The van der Waals surface area contributed by atoms with Gasteiger partial charge in [-0.2, -0.15) is 5.10 Å². The molecule has 0 atom stereocenters. The lowest BCUT2D eigenvalue weighted by Gasteiger charge is -2.01. The van der Waals surface area contributed by atoms with Gasteiger partial charge in [0, 0.05) is 10.9 Å². The van der Waals surface area contributed by atoms with Crippen LogP contribution in [0.25, 0.3) is 10.9 Å². The van der Waals surface area contributed by atoms with Crippen LogP contribution in [0, 0.1) is 11.8 Å². The molecule has 4 nitrogen and oxygen atoms in total. The van der Waals surface area contributed by atoms with Gasteiger partial charge in [-0.15, -0.1) is 0 Å². The summed E-state index contributed by atoms with van der Waals surface area (Å²) in [5.74, 6) is 5.23. The number of halogens is 1. The van der Waals surface area contributed by atoms with E-state index in [0.717, 1.165) is 10.9 Å². The number of esters is 1. The van der Waals surface area contributed by atoms with E-state index in [1.807, 2.05) is 24.3 Å². The quantitative estimate of drug-likeness (QED) is 0.583. The molecule has 1 heterocycles. The fraction of sp³-hybridized carbons (Fsp3) is 0.0588. The lowest BCUT2D eigenvalue weighted by atomic mass is 10.1. The SMILES string of the molecule is O=C(OCC#Cc1ccccc1Cl)c1cccc2[nH]ncc12. The molecule has 5 heteroatoms. The van der Waals surface area contributed by atoms with Gasteiger partial charge in [-0.25, -0.2) is 4.79 Å². The molecule has 22 heavy (non-hydrogen) atoms. The number of hydrogen-bond acceptors (Lipinski definition) is 3. The van der Waals surface area contributed by atoms with Crippen LogP contribution in [-0.2, 0) is 4.74 Å². The number of aromatic nitrogens is 2. The average Bonchev–Trinajstić information content (AvgIpc) is 3.01. The summed E-state index contributed by atoms with van der Waals surface area (Å²) in [7, 11) is 0. The molecule has 0 amide bonds. The monoisotopic (exact) mass is 310 g/mol. The Morgan fingerprint density at radius 1 is 1.23 bits per heavy atom. The molecular formula is C17H11ClN2O2. The highest BCUT2D eigenvalue weighted by atomic mass is 35.5. The first kappa shape index (κ1) is 14.2. The molecule has 0 aliphatic rings. The zero-order chi connectivity index (χ0) is 15.4. The number of fused-ring (bicyclic) bond motifs is 1. The maximum atomic E-state index is 12.1. The zero-order valence-corrected chi connectivity index (χ0v) is 12.2. The average molecular weight is 311 g/mol. The highest BCUT2D eigenvalue weighted by Gasteiger charge is 2.11. The van der Waals surface area contributed by atoms with Gasteiger partial charge in [0.2, 0.25) is 0 Å². The van der Waals surface area contributed by atoms with Gasteiger partial charge in [0.1, 0.15) is 0 Å². The Labute approximate surface area is 132 Å². The number of carbonyl (C=O) groups is 1. The Bertz CT molecular complexity index is 890. The largest absolute Gasteiger partial charge is 0.449 e. The zero-order valence-electron chi connectivity index (χ0n) is 11.5. The molecule has 3 rings (SSSR count). The van der Waals surface area contributed by atoms with Crippen LogP contribution in [0.1, 0.15) is 15.9 Å². The molecular weight excluding hydrogens is 300 g/mol. The molecule has 2 aromatic carbocycles. The van der Waals surface area contributed by atoms with Crippen LogP contribution in [0.4, 0.5) is 0 Å². The molecule has 0 aliphatic heterocycles. The molecule has 3 aromatic rings. The van der Waals surface area contributed by atoms with Gasteiger partial charge in [0.15, 0.2) is 6.61 Å². The lowest BCUT2D eigenvalue weighted by Crippen LogP contribution is -2.05. The predicted molar refractivity (Wildman–Crippen MR) is 84.7 cm³/mol. The number of nitrogens with zero attached hydrogens (tertiary/aromatic N) is 1. The third kappa shape index (κ3) is 2.95. The van der Waals surface area contributed by atoms with Crippen molar-refractivity contribution in [2.75, 3.05) is 6.61 Å². The molecule has 1 aromatic heterocycles. The molecule has 0 aliphatic carbocycles. The van der Waals surface area contributed by atoms with Crippen LogP contribution in [0.3, 0.4) is 0 Å². The summed E-state index contributed by atoms with van der Waals surface area (Å²) >= 11 is 5.99. The molecule has 0 saturated heterocycles. The van der Waals surface area contributed by atoms with Crippen molar-refractivity contribution in [1.29, 1.82) is 0 Å². The van der Waals surface area contributed by atoms with Crippen molar-refractivity contribution in [2.45, 2.75) is 0 Å². The van der Waals surface area contributed by atoms with Gasteiger partial charge in [0.25, 0.3) is 0 Å². The van der Waals surface area contributed by atoms with Crippen molar-refractivity contribution in [1.82, 2.24) is 10.2 Å². The van der Waals surface area contributed by atoms with E-state index in [-0.39, 0.29) is 6.61 Å². The summed E-state index contributed by atoms with van der Waals surface area (Å²) in [4.78, 5) is 12.1. The van der Waals surface area contributed by atoms with Crippen molar-refractivity contribution in [3.8, 4) is 11.8 Å². The lowest BCUT2D eigenvalue weighted by molar-refractivity contribution is 0.0559. The summed E-state index contributed by atoms with van der Waals surface area (Å²) in [6.45, 7) is -0.00169. The van der Waals surface area contributed by atoms with E-state index < -0.39 is 5.97 Å². The van der Waals surface area contributed by atoms with Gasteiger partial charge in [-0.1, -0.05) is 41.6 Å². The number of hydrogen-bond donors (Lipinski definition) is 1. The summed E-state index contributed by atoms with van der Waals surface area (Å²) in [6, 6.07) is 12.6. The van der Waals surface area contributed by atoms with Crippen molar-refractivity contribution in [2.24, 2.45) is 0 Å². The first-order valence-electron chi connectivity index (χ1n) is 6.58. The third-order valence-corrected chi connectivity index (χ3v) is 3.41. The van der Waals surface area contributed by atoms with Crippen LogP contribution < -0.4 is 0 Å². The smallest absolute Gasteiger partial charge is 0.339 e. The highest BCUT2D eigenvalue weighted by molar-refractivity contribution is 6.31. The van der Waals surface area contributed by atoms with Crippen molar-refractivity contribution in [3.05, 3.63) is 64.8 Å². The number of benzene rings is 2. The molecule has 108 valence electrons. The second-order valence-electron chi connectivity index (χ2n) is 4.49. The number of ether oxygens (including phenoxy) is 1. The summed E-state index contributed by atoms with van der Waals surface area (Å²) in [6.07, 6.45) is 1.60. The van der Waals surface area contributed by atoms with Gasteiger partial charge < -0.3 is 4.74 Å². The molecule has 0 fully saturated rings. The van der Waals surface area contributed by atoms with Gasteiger partial charge in [0.05, 0.1) is 22.3 Å². The Morgan fingerprint density at radius 2 is 2.09 bits per heavy atom. The number of rotatable bonds is 2. The molecule has 0 spiro atoms. The minimum Gasteiger partial charge on any atom is -0.449 e. The van der Waals surface area contributed by atoms with Crippen molar-refractivity contribution < 1.29 is 9.53 Å². The highest BCUT2D eigenvalue weighted by Crippen LogP contribution is 2.17. The maximum Gasteiger partial charge on any atom is 0.339 e. The van der Waals surface area contributed by atoms with Crippen LogP contribution in [-0.4, -0.2) is 22.8 Å². The van der Waals surface area contributed by atoms with E-state index in [4.69, 9.17) is 16.3 Å². The summed E-state index contributed by atoms with van der Waals surface area (Å²) in [5, 5.41) is 8.03. The fourth-order valence-corrected chi connectivity index (χ4v) is 2.20. The first-order chi connectivity index (χ1) is 10.8. The van der Waals surface area contributed by atoms with E-state index in [1.54, 1.807) is 24.4 Å². The van der Waals surface area contributed by atoms with Crippen molar-refractivity contribution >= 4 is 28.5 Å². The maximum absolute atomic E-state index is 12.1. The number of H-pyrrole nitrogens is 1. The second kappa shape index (κ2) is 6.33. The topological polar surface area (TPSA) is 55.0 Å². The third-order valence-electron chi connectivity index (χ3n) is 3.08. The minimum absolute atomic E-state index is 0.00169. The van der Waals surface area contributed by atoms with Gasteiger partial charge in [-0.3, -0.25) is 5.10 Å². The number of nitrogens with one attached hydrogen (secondary N) is 1. The molecule has 0 saturated carbocycles. The number of aromatic amines is 1. The Balaban J connectivity index is 1.69. The number of carbonyl (C=O) groups excluding carboxylic acids is 1. The normalized spacial score (nSPS) is 10.0. The summed E-state index contributed by atoms with van der Waals surface area (Å²) < 4.78 is 5.17. The van der Waals surface area contributed by atoms with E-state index >= 15 is 0 Å². The molecule has 0 unspecified atom stereocenters. The Morgan fingerprint density at radius 3 is 2.95 bits per heavy atom. The van der Waals surface area contributed by atoms with Crippen LogP contribution >= 0.6 is 11.6 Å². The van der Waals surface area contributed by atoms with Gasteiger partial charge >= 0.3 is 5.97 Å². The minimum atomic E-state index is -0.430. The van der Waals surface area contributed by atoms with E-state index in [0.29, 0.717) is 16.1 Å². The van der Waals surface area contributed by atoms with E-state index in [1.165, 1.54) is 0 Å². The van der Waals surface area contributed by atoms with Crippen LogP contribution in [0.5, 0.6) is 0 Å². The standard InChI is InChI=1S/C17H11ClN2O2/c18-15-8-2-1-5-12(15)6-4-10-22-17(21)13-7-3-9-16-14(13)11-19-20-16/h1-3,5,7-9,11H,10H2,(H,19,20). The Hall–Kier alpha value is -2.77. The van der Waals surface area contributed by atoms with E-state index in [9.17, 15) is 4.79 Å². The molecule has 1 N–H and O–H groups in total. The fourth-order valence-electron chi connectivity index (χ4n) is 2.02. The van der Waals surface area contributed by atoms with E-state index in [2.05, 4.69) is 22.0 Å². The van der Waals surface area contributed by atoms with Gasteiger partial charge in [-0.05, 0) is 24.3 Å². The van der Waals surface area contributed by atoms with Crippen LogP contribution in [0.2, 0.25) is 5.02 Å². The summed E-state index contributed by atoms with van der Waals surface area (Å²) in [5.41, 5.74) is 1.96. The van der Waals surface area contributed by atoms with Crippen LogP contribution in [0.15, 0.2) is 48.7 Å². The first-order valence-corrected chi connectivity index (χ1v) is 6.96. The second-order valence-corrected chi connectivity index (χ2v) is 4.90. The van der Waals surface area contributed by atoms with Crippen molar-refractivity contribution in [3.63, 3.8) is 0 Å². The Kier molecular flexibility index (Phi) is 4.08. The molecule has 0 bridgehead atoms. The predicted octanol–water partition coefficient (Wildman–Crippen LogP) is 3.42.